The smallest absolute Gasteiger partial charge is 0.0935 e. The third kappa shape index (κ3) is 1.46. The molecular formula is C12H8ClNS. The van der Waals surface area contributed by atoms with Crippen LogP contribution in [0.5, 0.6) is 0 Å². The number of hydrogen-bond donors (Lipinski definition) is 0. The van der Waals surface area contributed by atoms with E-state index in [0.717, 1.165) is 4.34 Å². The van der Waals surface area contributed by atoms with Crippen LogP contribution in [0.4, 0.5) is 0 Å². The van der Waals surface area contributed by atoms with E-state index in [0.29, 0.717) is 0 Å². The van der Waals surface area contributed by atoms with Crippen LogP contribution in [0.1, 0.15) is 0 Å². The van der Waals surface area contributed by atoms with Gasteiger partial charge in [-0.15, -0.1) is 11.3 Å². The number of nitrogens with zero attached hydrogens (tertiary/aromatic N) is 1. The molecule has 0 aromatic carbocycles. The molecule has 15 heavy (non-hydrogen) atoms. The van der Waals surface area contributed by atoms with Crippen LogP contribution in [0.3, 0.4) is 0 Å². The van der Waals surface area contributed by atoms with E-state index in [1.165, 1.54) is 16.1 Å². The summed E-state index contributed by atoms with van der Waals surface area (Å²) in [7, 11) is 0. The van der Waals surface area contributed by atoms with E-state index in [2.05, 4.69) is 34.9 Å². The van der Waals surface area contributed by atoms with Gasteiger partial charge in [-0.2, -0.15) is 0 Å². The van der Waals surface area contributed by atoms with Gasteiger partial charge in [-0.3, -0.25) is 0 Å². The minimum atomic E-state index is 0.830. The lowest BCUT2D eigenvalue weighted by atomic mass is 10.3. The van der Waals surface area contributed by atoms with Gasteiger partial charge in [0.25, 0.3) is 0 Å². The molecule has 3 aromatic rings. The molecule has 74 valence electrons. The lowest BCUT2D eigenvalue weighted by molar-refractivity contribution is 1.21. The van der Waals surface area contributed by atoms with E-state index in [-0.39, 0.29) is 0 Å². The van der Waals surface area contributed by atoms with E-state index < -0.39 is 0 Å². The van der Waals surface area contributed by atoms with Crippen molar-refractivity contribution in [2.75, 3.05) is 0 Å². The zero-order valence-electron chi connectivity index (χ0n) is 7.85. The van der Waals surface area contributed by atoms with Crippen molar-refractivity contribution in [1.29, 1.82) is 0 Å². The number of hydrogen-bond acceptors (Lipinski definition) is 1. The van der Waals surface area contributed by atoms with Gasteiger partial charge >= 0.3 is 0 Å². The van der Waals surface area contributed by atoms with Crippen LogP contribution >= 0.6 is 22.9 Å². The van der Waals surface area contributed by atoms with Crippen molar-refractivity contribution in [3.63, 3.8) is 0 Å². The predicted octanol–water partition coefficient (Wildman–Crippen LogP) is 4.32. The van der Waals surface area contributed by atoms with E-state index in [9.17, 15) is 0 Å². The Balaban J connectivity index is 2.27. The Labute approximate surface area is 96.6 Å². The fraction of sp³-hybridized carbons (Fsp3) is 0. The van der Waals surface area contributed by atoms with Crippen molar-refractivity contribution in [3.8, 4) is 10.6 Å². The van der Waals surface area contributed by atoms with Gasteiger partial charge in [0.1, 0.15) is 0 Å². The third-order valence-corrected chi connectivity index (χ3v) is 3.64. The van der Waals surface area contributed by atoms with Gasteiger partial charge in [0, 0.05) is 11.7 Å². The predicted molar refractivity (Wildman–Crippen MR) is 65.7 cm³/mol. The number of fused-ring (bicyclic) bond motifs is 1. The van der Waals surface area contributed by atoms with Crippen LogP contribution in [0.15, 0.2) is 48.7 Å². The van der Waals surface area contributed by atoms with E-state index >= 15 is 0 Å². The summed E-state index contributed by atoms with van der Waals surface area (Å²) in [5, 5.41) is 0. The molecule has 0 N–H and O–H groups in total. The first-order chi connectivity index (χ1) is 7.34. The van der Waals surface area contributed by atoms with Gasteiger partial charge in [-0.1, -0.05) is 17.7 Å². The molecule has 1 nitrogen and oxygen atoms in total. The van der Waals surface area contributed by atoms with Crippen LogP contribution in [0.25, 0.3) is 16.1 Å². The SMILES string of the molecule is Clc1ccc(-c2ccc3ccccn23)s1. The molecule has 3 rings (SSSR count). The van der Waals surface area contributed by atoms with Crippen LogP contribution in [0.2, 0.25) is 4.34 Å². The Morgan fingerprint density at radius 1 is 1.00 bits per heavy atom. The summed E-state index contributed by atoms with van der Waals surface area (Å²) >= 11 is 7.54. The Morgan fingerprint density at radius 3 is 2.73 bits per heavy atom. The second-order valence-electron chi connectivity index (χ2n) is 3.32. The molecule has 0 spiro atoms. The summed E-state index contributed by atoms with van der Waals surface area (Å²) in [6.45, 7) is 0. The molecule has 3 heteroatoms. The highest BCUT2D eigenvalue weighted by molar-refractivity contribution is 7.19. The molecule has 0 aliphatic rings. The maximum absolute atomic E-state index is 5.94. The third-order valence-electron chi connectivity index (χ3n) is 2.39. The lowest BCUT2D eigenvalue weighted by Crippen LogP contribution is -1.83. The van der Waals surface area contributed by atoms with Gasteiger partial charge in [-0.25, -0.2) is 0 Å². The molecule has 0 bridgehead atoms. The first kappa shape index (κ1) is 9.01. The Morgan fingerprint density at radius 2 is 1.93 bits per heavy atom. The fourth-order valence-corrected chi connectivity index (χ4v) is 2.77. The van der Waals surface area contributed by atoms with E-state index in [4.69, 9.17) is 11.6 Å². The molecule has 0 saturated carbocycles. The zero-order chi connectivity index (χ0) is 10.3. The van der Waals surface area contributed by atoms with Crippen molar-refractivity contribution < 1.29 is 0 Å². The molecule has 3 aromatic heterocycles. The Bertz CT molecular complexity index is 609. The van der Waals surface area contributed by atoms with Crippen molar-refractivity contribution in [2.45, 2.75) is 0 Å². The average Bonchev–Trinajstić information content (AvgIpc) is 2.83. The molecule has 0 saturated heterocycles. The van der Waals surface area contributed by atoms with Crippen molar-refractivity contribution in [3.05, 3.63) is 53.0 Å². The maximum atomic E-state index is 5.94. The maximum Gasteiger partial charge on any atom is 0.0935 e. The Hall–Kier alpha value is -1.25. The summed E-state index contributed by atoms with van der Waals surface area (Å²) in [6.07, 6.45) is 2.07. The first-order valence-corrected chi connectivity index (χ1v) is 5.86. The molecule has 0 atom stereocenters. The summed E-state index contributed by atoms with van der Waals surface area (Å²) in [5.41, 5.74) is 2.40. The average molecular weight is 234 g/mol. The molecule has 0 radical (unpaired) electrons. The highest BCUT2D eigenvalue weighted by Gasteiger charge is 2.05. The van der Waals surface area contributed by atoms with Crippen molar-refractivity contribution >= 4 is 28.5 Å². The van der Waals surface area contributed by atoms with Gasteiger partial charge in [0.15, 0.2) is 0 Å². The molecule has 0 aliphatic heterocycles. The van der Waals surface area contributed by atoms with Gasteiger partial charge in [0.05, 0.1) is 14.9 Å². The lowest BCUT2D eigenvalue weighted by Gasteiger charge is -1.98. The first-order valence-electron chi connectivity index (χ1n) is 4.66. The second-order valence-corrected chi connectivity index (χ2v) is 5.03. The minimum Gasteiger partial charge on any atom is -0.316 e. The van der Waals surface area contributed by atoms with E-state index in [1.807, 2.05) is 18.2 Å². The van der Waals surface area contributed by atoms with Crippen molar-refractivity contribution in [2.24, 2.45) is 0 Å². The van der Waals surface area contributed by atoms with Crippen molar-refractivity contribution in [1.82, 2.24) is 4.40 Å². The Kier molecular flexibility index (Phi) is 2.04. The highest BCUT2D eigenvalue weighted by Crippen LogP contribution is 2.31. The summed E-state index contributed by atoms with van der Waals surface area (Å²) in [4.78, 5) is 1.20. The number of aromatic nitrogens is 1. The van der Waals surface area contributed by atoms with Crippen LogP contribution < -0.4 is 0 Å². The largest absolute Gasteiger partial charge is 0.316 e. The van der Waals surface area contributed by atoms with Gasteiger partial charge < -0.3 is 4.40 Å². The minimum absolute atomic E-state index is 0.830. The fourth-order valence-electron chi connectivity index (χ4n) is 1.71. The molecular weight excluding hydrogens is 226 g/mol. The normalized spacial score (nSPS) is 11.0. The standard InChI is InChI=1S/C12H8ClNS/c13-12-7-6-11(15-12)10-5-4-9-3-1-2-8-14(9)10/h1-8H. The number of rotatable bonds is 1. The molecule has 0 fully saturated rings. The molecule has 3 heterocycles. The number of pyridine rings is 1. The monoisotopic (exact) mass is 233 g/mol. The number of thiophene rings is 1. The molecule has 0 unspecified atom stereocenters. The van der Waals surface area contributed by atoms with Crippen LogP contribution in [0, 0.1) is 0 Å². The second kappa shape index (κ2) is 3.40. The quantitative estimate of drug-likeness (QED) is 0.590. The summed E-state index contributed by atoms with van der Waals surface area (Å²) in [6, 6.07) is 14.4. The van der Waals surface area contributed by atoms with Crippen LogP contribution in [-0.2, 0) is 0 Å². The topological polar surface area (TPSA) is 4.41 Å². The van der Waals surface area contributed by atoms with Gasteiger partial charge in [-0.05, 0) is 36.4 Å². The molecule has 0 amide bonds. The summed E-state index contributed by atoms with van der Waals surface area (Å²) in [5.74, 6) is 0. The number of halogens is 1. The summed E-state index contributed by atoms with van der Waals surface area (Å²) < 4.78 is 3.00. The molecule has 0 aliphatic carbocycles. The van der Waals surface area contributed by atoms with Crippen LogP contribution in [-0.4, -0.2) is 4.40 Å². The van der Waals surface area contributed by atoms with Gasteiger partial charge in [0.2, 0.25) is 0 Å². The zero-order valence-corrected chi connectivity index (χ0v) is 9.42. The highest BCUT2D eigenvalue weighted by atomic mass is 35.5. The van der Waals surface area contributed by atoms with E-state index in [1.54, 1.807) is 11.3 Å².